The molecule has 0 saturated heterocycles. The third-order valence-electron chi connectivity index (χ3n) is 6.70. The lowest BCUT2D eigenvalue weighted by atomic mass is 10.0. The summed E-state index contributed by atoms with van der Waals surface area (Å²) >= 11 is 3.44. The molecule has 42 heavy (non-hydrogen) atoms. The number of ether oxygens (including phenoxy) is 2. The van der Waals surface area contributed by atoms with Gasteiger partial charge >= 0.3 is 0 Å². The number of nitrogens with one attached hydrogen (secondary N) is 1. The second-order valence-electron chi connectivity index (χ2n) is 9.81. The quantitative estimate of drug-likeness (QED) is 0.235. The van der Waals surface area contributed by atoms with Gasteiger partial charge in [0.2, 0.25) is 21.8 Å². The topological polar surface area (TPSA) is 105 Å². The highest BCUT2D eigenvalue weighted by Crippen LogP contribution is 2.34. The fraction of sp³-hybridized carbons (Fsp3) is 0.355. The van der Waals surface area contributed by atoms with Gasteiger partial charge in [-0.15, -0.1) is 0 Å². The third kappa shape index (κ3) is 9.22. The largest absolute Gasteiger partial charge is 0.497 e. The first kappa shape index (κ1) is 32.9. The van der Waals surface area contributed by atoms with Gasteiger partial charge in [0, 0.05) is 30.0 Å². The number of hydrogen-bond acceptors (Lipinski definition) is 6. The molecule has 3 aromatic carbocycles. The fourth-order valence-electron chi connectivity index (χ4n) is 4.43. The maximum atomic E-state index is 14.2. The van der Waals surface area contributed by atoms with Crippen molar-refractivity contribution in [1.29, 1.82) is 0 Å². The summed E-state index contributed by atoms with van der Waals surface area (Å²) in [6.07, 6.45) is 2.98. The lowest BCUT2D eigenvalue weighted by Crippen LogP contribution is -2.53. The Kier molecular flexibility index (Phi) is 12.2. The molecule has 2 amide bonds. The molecular weight excluding hydrogens is 622 g/mol. The smallest absolute Gasteiger partial charge is 0.244 e. The van der Waals surface area contributed by atoms with E-state index in [-0.39, 0.29) is 30.3 Å². The summed E-state index contributed by atoms with van der Waals surface area (Å²) in [5, 5.41) is 2.97. The van der Waals surface area contributed by atoms with E-state index in [0.29, 0.717) is 12.3 Å². The predicted octanol–water partition coefficient (Wildman–Crippen LogP) is 4.79. The number of hydrogen-bond donors (Lipinski definition) is 1. The van der Waals surface area contributed by atoms with Crippen LogP contribution in [0.4, 0.5) is 5.69 Å². The number of amides is 2. The van der Waals surface area contributed by atoms with Gasteiger partial charge in [-0.2, -0.15) is 0 Å². The van der Waals surface area contributed by atoms with Crippen LogP contribution in [0.25, 0.3) is 0 Å². The first-order valence-electron chi connectivity index (χ1n) is 13.6. The first-order valence-corrected chi connectivity index (χ1v) is 16.3. The molecule has 0 aliphatic carbocycles. The van der Waals surface area contributed by atoms with E-state index in [2.05, 4.69) is 21.2 Å². The van der Waals surface area contributed by atoms with Crippen molar-refractivity contribution in [3.8, 4) is 11.5 Å². The number of carbonyl (C=O) groups is 2. The normalized spacial score (nSPS) is 11.8. The molecule has 0 bridgehead atoms. The molecule has 0 aliphatic rings. The van der Waals surface area contributed by atoms with Crippen molar-refractivity contribution in [2.75, 3.05) is 37.9 Å². The molecule has 226 valence electrons. The van der Waals surface area contributed by atoms with Crippen LogP contribution in [0.1, 0.15) is 30.9 Å². The Balaban J connectivity index is 2.06. The molecule has 11 heteroatoms. The number of benzene rings is 3. The van der Waals surface area contributed by atoms with Crippen LogP contribution >= 0.6 is 15.9 Å². The van der Waals surface area contributed by atoms with Crippen LogP contribution in [0.3, 0.4) is 0 Å². The van der Waals surface area contributed by atoms with Crippen LogP contribution in [0.15, 0.2) is 77.3 Å². The van der Waals surface area contributed by atoms with Crippen molar-refractivity contribution in [2.24, 2.45) is 0 Å². The van der Waals surface area contributed by atoms with E-state index in [0.717, 1.165) is 39.0 Å². The van der Waals surface area contributed by atoms with E-state index in [1.54, 1.807) is 12.1 Å². The number of methoxy groups -OCH3 is 2. The molecule has 0 unspecified atom stereocenters. The van der Waals surface area contributed by atoms with Gasteiger partial charge in [-0.1, -0.05) is 71.7 Å². The maximum Gasteiger partial charge on any atom is 0.244 e. The number of halogens is 1. The highest BCUT2D eigenvalue weighted by molar-refractivity contribution is 9.10. The molecular formula is C31H38BrN3O6S. The molecule has 0 radical (unpaired) electrons. The van der Waals surface area contributed by atoms with E-state index in [1.807, 2.05) is 61.5 Å². The zero-order chi connectivity index (χ0) is 30.7. The molecule has 3 aromatic rings. The number of unbranched alkanes of at least 4 members (excludes halogenated alkanes) is 1. The summed E-state index contributed by atoms with van der Waals surface area (Å²) in [5.41, 5.74) is 1.85. The lowest BCUT2D eigenvalue weighted by Gasteiger charge is -2.33. The van der Waals surface area contributed by atoms with Crippen LogP contribution in [0.5, 0.6) is 11.5 Å². The molecule has 0 heterocycles. The summed E-state index contributed by atoms with van der Waals surface area (Å²) in [4.78, 5) is 29.3. The minimum absolute atomic E-state index is 0.0994. The Bertz CT molecular complexity index is 1430. The van der Waals surface area contributed by atoms with Gasteiger partial charge < -0.3 is 19.7 Å². The Labute approximate surface area is 257 Å². The molecule has 0 fully saturated rings. The highest BCUT2D eigenvalue weighted by atomic mass is 79.9. The molecule has 0 saturated carbocycles. The van der Waals surface area contributed by atoms with E-state index >= 15 is 0 Å². The molecule has 1 N–H and O–H groups in total. The number of rotatable bonds is 15. The second kappa shape index (κ2) is 15.6. The monoisotopic (exact) mass is 659 g/mol. The zero-order valence-electron chi connectivity index (χ0n) is 24.4. The van der Waals surface area contributed by atoms with Crippen molar-refractivity contribution < 1.29 is 27.5 Å². The lowest BCUT2D eigenvalue weighted by molar-refractivity contribution is -0.140. The van der Waals surface area contributed by atoms with Crippen LogP contribution in [0, 0.1) is 0 Å². The maximum absolute atomic E-state index is 14.2. The van der Waals surface area contributed by atoms with Crippen molar-refractivity contribution in [2.45, 2.75) is 38.8 Å². The molecule has 0 aliphatic heterocycles. The van der Waals surface area contributed by atoms with Gasteiger partial charge in [-0.3, -0.25) is 13.9 Å². The number of nitrogens with zero attached hydrogens (tertiary/aromatic N) is 2. The SMILES string of the molecule is CCCCNC(=O)[C@H](Cc1ccccc1)N(Cc1ccc(Br)cc1)C(=O)CN(c1ccc(OC)cc1OC)S(C)(=O)=O. The standard InChI is InChI=1S/C31H38BrN3O6S/c1-5-6-18-33-31(37)28(19-23-10-8-7-9-11-23)34(21-24-12-14-25(32)15-13-24)30(36)22-35(42(4,38)39)27-17-16-26(40-2)20-29(27)41-3/h7-17,20,28H,5-6,18-19,21-22H2,1-4H3,(H,33,37)/t28-/m0/s1. The van der Waals surface area contributed by atoms with Gasteiger partial charge in [0.05, 0.1) is 26.2 Å². The van der Waals surface area contributed by atoms with Crippen LogP contribution in [0.2, 0.25) is 0 Å². The number of sulfonamides is 1. The van der Waals surface area contributed by atoms with E-state index in [1.165, 1.54) is 25.2 Å². The summed E-state index contributed by atoms with van der Waals surface area (Å²) < 4.78 is 38.7. The Morgan fingerprint density at radius 2 is 1.64 bits per heavy atom. The van der Waals surface area contributed by atoms with Gasteiger partial charge in [0.1, 0.15) is 24.1 Å². The Morgan fingerprint density at radius 1 is 0.952 bits per heavy atom. The van der Waals surface area contributed by atoms with Gasteiger partial charge in [-0.25, -0.2) is 8.42 Å². The van der Waals surface area contributed by atoms with Crippen LogP contribution in [-0.2, 0) is 32.6 Å². The van der Waals surface area contributed by atoms with E-state index < -0.39 is 28.5 Å². The second-order valence-corrected chi connectivity index (χ2v) is 12.6. The van der Waals surface area contributed by atoms with E-state index in [4.69, 9.17) is 9.47 Å². The van der Waals surface area contributed by atoms with Crippen molar-refractivity contribution in [3.63, 3.8) is 0 Å². The Hall–Kier alpha value is -3.57. The van der Waals surface area contributed by atoms with Crippen LogP contribution in [-0.4, -0.2) is 64.7 Å². The average molecular weight is 661 g/mol. The summed E-state index contributed by atoms with van der Waals surface area (Å²) in [6, 6.07) is 20.7. The van der Waals surface area contributed by atoms with Crippen molar-refractivity contribution >= 4 is 43.5 Å². The van der Waals surface area contributed by atoms with Gasteiger partial charge in [0.15, 0.2) is 0 Å². The minimum atomic E-state index is -3.94. The third-order valence-corrected chi connectivity index (χ3v) is 8.36. The van der Waals surface area contributed by atoms with Gasteiger partial charge in [-0.05, 0) is 41.8 Å². The minimum Gasteiger partial charge on any atom is -0.497 e. The van der Waals surface area contributed by atoms with Crippen molar-refractivity contribution in [3.05, 3.63) is 88.4 Å². The van der Waals surface area contributed by atoms with Gasteiger partial charge in [0.25, 0.3) is 0 Å². The summed E-state index contributed by atoms with van der Waals surface area (Å²) in [6.45, 7) is 2.07. The average Bonchev–Trinajstić information content (AvgIpc) is 2.98. The molecule has 0 spiro atoms. The van der Waals surface area contributed by atoms with Crippen LogP contribution < -0.4 is 19.1 Å². The van der Waals surface area contributed by atoms with E-state index in [9.17, 15) is 18.0 Å². The highest BCUT2D eigenvalue weighted by Gasteiger charge is 2.33. The summed E-state index contributed by atoms with van der Waals surface area (Å²) in [7, 11) is -1.04. The molecule has 9 nitrogen and oxygen atoms in total. The number of anilines is 1. The molecule has 1 atom stereocenters. The number of carbonyl (C=O) groups excluding carboxylic acids is 2. The predicted molar refractivity (Wildman–Crippen MR) is 168 cm³/mol. The Morgan fingerprint density at radius 3 is 2.24 bits per heavy atom. The molecule has 3 rings (SSSR count). The fourth-order valence-corrected chi connectivity index (χ4v) is 5.55. The molecule has 0 aromatic heterocycles. The van der Waals surface area contributed by atoms with Crippen molar-refractivity contribution in [1.82, 2.24) is 10.2 Å². The first-order chi connectivity index (χ1) is 20.1. The summed E-state index contributed by atoms with van der Waals surface area (Å²) in [5.74, 6) is -0.136. The zero-order valence-corrected chi connectivity index (χ0v) is 26.8.